The molecular weight excluding hydrogens is 332 g/mol. The summed E-state index contributed by atoms with van der Waals surface area (Å²) in [7, 11) is 0. The van der Waals surface area contributed by atoms with Crippen molar-refractivity contribution in [2.45, 2.75) is 12.8 Å². The molecule has 23 heavy (non-hydrogen) atoms. The van der Waals surface area contributed by atoms with E-state index in [1.54, 1.807) is 0 Å². The Morgan fingerprint density at radius 3 is 2.78 bits per heavy atom. The van der Waals surface area contributed by atoms with Crippen molar-refractivity contribution in [1.82, 2.24) is 9.97 Å². The molecule has 1 saturated carbocycles. The van der Waals surface area contributed by atoms with Gasteiger partial charge in [0.25, 0.3) is 0 Å². The van der Waals surface area contributed by atoms with E-state index in [4.69, 9.17) is 11.6 Å². The van der Waals surface area contributed by atoms with Crippen molar-refractivity contribution < 1.29 is 4.79 Å². The number of fused-ring (bicyclic) bond motifs is 1. The maximum atomic E-state index is 11.8. The van der Waals surface area contributed by atoms with Crippen LogP contribution in [0.2, 0.25) is 5.02 Å². The van der Waals surface area contributed by atoms with Crippen LogP contribution in [0.1, 0.15) is 12.8 Å². The molecule has 0 atom stereocenters. The number of carbonyl (C=O) groups excluding carboxylic acids is 1. The van der Waals surface area contributed by atoms with E-state index in [0.717, 1.165) is 28.9 Å². The molecule has 0 unspecified atom stereocenters. The number of rotatable bonds is 4. The lowest BCUT2D eigenvalue weighted by molar-refractivity contribution is -0.117. The van der Waals surface area contributed by atoms with Crippen LogP contribution in [-0.2, 0) is 4.79 Å². The second-order valence-electron chi connectivity index (χ2n) is 5.41. The van der Waals surface area contributed by atoms with Crippen molar-refractivity contribution in [1.29, 1.82) is 0 Å². The lowest BCUT2D eigenvalue weighted by atomic mass is 10.3. The number of hydrogen-bond donors (Lipinski definition) is 2. The number of hydrogen-bond acceptors (Lipinski definition) is 5. The van der Waals surface area contributed by atoms with Gasteiger partial charge in [0.05, 0.1) is 10.7 Å². The Morgan fingerprint density at radius 2 is 2.00 bits per heavy atom. The van der Waals surface area contributed by atoms with E-state index in [-0.39, 0.29) is 11.8 Å². The molecule has 2 heterocycles. The smallest absolute Gasteiger partial charge is 0.229 e. The van der Waals surface area contributed by atoms with E-state index in [2.05, 4.69) is 20.6 Å². The third-order valence-electron chi connectivity index (χ3n) is 3.57. The van der Waals surface area contributed by atoms with Crippen molar-refractivity contribution in [3.8, 4) is 0 Å². The minimum Gasteiger partial charge on any atom is -0.339 e. The fourth-order valence-electron chi connectivity index (χ4n) is 2.19. The van der Waals surface area contributed by atoms with Crippen LogP contribution in [0, 0.1) is 5.92 Å². The van der Waals surface area contributed by atoms with E-state index in [1.807, 2.05) is 36.4 Å². The summed E-state index contributed by atoms with van der Waals surface area (Å²) in [6.45, 7) is 0. The molecule has 7 heteroatoms. The molecule has 0 aliphatic heterocycles. The Balaban J connectivity index is 1.57. The zero-order valence-corrected chi connectivity index (χ0v) is 13.6. The third-order valence-corrected chi connectivity index (χ3v) is 4.78. The Labute approximate surface area is 141 Å². The van der Waals surface area contributed by atoms with E-state index < -0.39 is 0 Å². The monoisotopic (exact) mass is 344 g/mol. The normalized spacial score (nSPS) is 14.0. The third kappa shape index (κ3) is 3.13. The molecule has 1 fully saturated rings. The van der Waals surface area contributed by atoms with Gasteiger partial charge in [-0.2, -0.15) is 0 Å². The molecule has 1 aliphatic carbocycles. The minimum absolute atomic E-state index is 0.0541. The fraction of sp³-hybridized carbons (Fsp3) is 0.188. The Bertz CT molecular complexity index is 891. The number of nitrogens with one attached hydrogen (secondary N) is 2. The molecule has 1 aliphatic rings. The van der Waals surface area contributed by atoms with Crippen LogP contribution < -0.4 is 10.6 Å². The van der Waals surface area contributed by atoms with Crippen LogP contribution >= 0.6 is 22.9 Å². The molecule has 0 bridgehead atoms. The maximum Gasteiger partial charge on any atom is 0.229 e. The van der Waals surface area contributed by atoms with Crippen LogP contribution in [0.5, 0.6) is 0 Å². The summed E-state index contributed by atoms with van der Waals surface area (Å²) in [6, 6.07) is 11.2. The average molecular weight is 345 g/mol. The second kappa shape index (κ2) is 5.79. The van der Waals surface area contributed by atoms with Crippen molar-refractivity contribution in [3.63, 3.8) is 0 Å². The fourth-order valence-corrected chi connectivity index (χ4v) is 3.22. The zero-order valence-electron chi connectivity index (χ0n) is 12.0. The summed E-state index contributed by atoms with van der Waals surface area (Å²) in [6.07, 6.45) is 1.95. The first kappa shape index (κ1) is 14.4. The first-order valence-electron chi connectivity index (χ1n) is 7.29. The minimum atomic E-state index is 0.0541. The summed E-state index contributed by atoms with van der Waals surface area (Å²) >= 11 is 7.51. The Kier molecular flexibility index (Phi) is 3.63. The van der Waals surface area contributed by atoms with Gasteiger partial charge in [-0.3, -0.25) is 4.79 Å². The number of aromatic nitrogens is 2. The van der Waals surface area contributed by atoms with Crippen molar-refractivity contribution in [2.75, 3.05) is 10.6 Å². The van der Waals surface area contributed by atoms with Gasteiger partial charge in [0, 0.05) is 5.92 Å². The molecule has 5 nitrogen and oxygen atoms in total. The molecular formula is C16H13ClN4OS. The van der Waals surface area contributed by atoms with Crippen LogP contribution in [0.25, 0.3) is 10.3 Å². The zero-order chi connectivity index (χ0) is 15.8. The van der Waals surface area contributed by atoms with Crippen molar-refractivity contribution in [3.05, 3.63) is 41.4 Å². The van der Waals surface area contributed by atoms with Gasteiger partial charge in [0.15, 0.2) is 5.13 Å². The SMILES string of the molecule is O=C(Nc1nc2ccc(Nc3ccccc3Cl)nc2s1)C1CC1. The molecule has 2 N–H and O–H groups in total. The highest BCUT2D eigenvalue weighted by Crippen LogP contribution is 2.32. The Hall–Kier alpha value is -2.18. The number of carbonyl (C=O) groups is 1. The number of thiazole rings is 1. The van der Waals surface area contributed by atoms with Gasteiger partial charge >= 0.3 is 0 Å². The molecule has 0 spiro atoms. The number of pyridine rings is 1. The summed E-state index contributed by atoms with van der Waals surface area (Å²) in [4.78, 5) is 21.5. The lowest BCUT2D eigenvalue weighted by Gasteiger charge is -2.06. The number of benzene rings is 1. The van der Waals surface area contributed by atoms with E-state index in [9.17, 15) is 4.79 Å². The summed E-state index contributed by atoms with van der Waals surface area (Å²) in [5, 5.41) is 7.28. The van der Waals surface area contributed by atoms with Crippen LogP contribution in [0.3, 0.4) is 0 Å². The highest BCUT2D eigenvalue weighted by molar-refractivity contribution is 7.22. The topological polar surface area (TPSA) is 66.9 Å². The summed E-state index contributed by atoms with van der Waals surface area (Å²) in [5.74, 6) is 0.903. The van der Waals surface area contributed by atoms with E-state index in [0.29, 0.717) is 16.0 Å². The average Bonchev–Trinajstić information content (AvgIpc) is 3.31. The molecule has 1 aromatic carbocycles. The highest BCUT2D eigenvalue weighted by Gasteiger charge is 2.30. The predicted molar refractivity (Wildman–Crippen MR) is 93.5 cm³/mol. The lowest BCUT2D eigenvalue weighted by Crippen LogP contribution is -2.12. The van der Waals surface area contributed by atoms with Gasteiger partial charge in [0.1, 0.15) is 16.2 Å². The standard InChI is InChI=1S/C16H13ClN4OS/c17-10-3-1-2-4-11(10)18-13-8-7-12-15(20-13)23-16(19-12)21-14(22)9-5-6-9/h1-4,7-9H,5-6H2,(H,18,20)(H,19,21,22). The van der Waals surface area contributed by atoms with Gasteiger partial charge in [-0.1, -0.05) is 35.1 Å². The molecule has 2 aromatic heterocycles. The van der Waals surface area contributed by atoms with Crippen molar-refractivity contribution >= 4 is 55.8 Å². The maximum absolute atomic E-state index is 11.8. The quantitative estimate of drug-likeness (QED) is 0.734. The number of para-hydroxylation sites is 1. The number of nitrogens with zero attached hydrogens (tertiary/aromatic N) is 2. The number of anilines is 3. The molecule has 3 aromatic rings. The van der Waals surface area contributed by atoms with Crippen LogP contribution in [-0.4, -0.2) is 15.9 Å². The molecule has 0 saturated heterocycles. The van der Waals surface area contributed by atoms with Crippen LogP contribution in [0.4, 0.5) is 16.6 Å². The number of amides is 1. The van der Waals surface area contributed by atoms with Crippen LogP contribution in [0.15, 0.2) is 36.4 Å². The summed E-state index contributed by atoms with van der Waals surface area (Å²) < 4.78 is 0. The first-order chi connectivity index (χ1) is 11.2. The number of halogens is 1. The molecule has 0 radical (unpaired) electrons. The molecule has 4 rings (SSSR count). The predicted octanol–water partition coefficient (Wildman–Crippen LogP) is 4.44. The first-order valence-corrected chi connectivity index (χ1v) is 8.48. The van der Waals surface area contributed by atoms with Gasteiger partial charge in [0.2, 0.25) is 5.91 Å². The van der Waals surface area contributed by atoms with E-state index >= 15 is 0 Å². The van der Waals surface area contributed by atoms with Gasteiger partial charge < -0.3 is 10.6 Å². The largest absolute Gasteiger partial charge is 0.339 e. The summed E-state index contributed by atoms with van der Waals surface area (Å²) in [5.41, 5.74) is 1.57. The highest BCUT2D eigenvalue weighted by atomic mass is 35.5. The Morgan fingerprint density at radius 1 is 1.17 bits per heavy atom. The van der Waals surface area contributed by atoms with Gasteiger partial charge in [-0.25, -0.2) is 9.97 Å². The second-order valence-corrected chi connectivity index (χ2v) is 6.79. The molecule has 1 amide bonds. The van der Waals surface area contributed by atoms with Gasteiger partial charge in [-0.15, -0.1) is 0 Å². The van der Waals surface area contributed by atoms with Gasteiger partial charge in [-0.05, 0) is 37.1 Å². The van der Waals surface area contributed by atoms with Crippen molar-refractivity contribution in [2.24, 2.45) is 5.92 Å². The van der Waals surface area contributed by atoms with E-state index in [1.165, 1.54) is 11.3 Å². The molecule has 116 valence electrons.